The van der Waals surface area contributed by atoms with Gasteiger partial charge in [0.2, 0.25) is 0 Å². The second-order valence-electron chi connectivity index (χ2n) is 6.78. The fraction of sp³-hybridized carbons (Fsp3) is 0.579. The molecule has 0 bridgehead atoms. The molecule has 0 aromatic heterocycles. The summed E-state index contributed by atoms with van der Waals surface area (Å²) in [5.74, 6) is 1.13. The van der Waals surface area contributed by atoms with E-state index in [1.165, 1.54) is 39.9 Å². The van der Waals surface area contributed by atoms with Gasteiger partial charge in [-0.1, -0.05) is 12.8 Å². The number of amides is 2. The Morgan fingerprint density at radius 2 is 1.88 bits per heavy atom. The second kappa shape index (κ2) is 7.76. The molecule has 1 saturated heterocycles. The van der Waals surface area contributed by atoms with E-state index in [9.17, 15) is 9.59 Å². The molecule has 2 aliphatic rings. The molecule has 2 fully saturated rings. The lowest BCUT2D eigenvalue weighted by atomic mass is 9.78. The van der Waals surface area contributed by atoms with Crippen LogP contribution in [-0.4, -0.2) is 43.7 Å². The minimum atomic E-state index is -0.554. The smallest absolute Gasteiger partial charge is 0.411 e. The highest BCUT2D eigenvalue weighted by Crippen LogP contribution is 2.37. The second-order valence-corrected chi connectivity index (χ2v) is 6.78. The quantitative estimate of drug-likeness (QED) is 0.907. The van der Waals surface area contributed by atoms with E-state index < -0.39 is 6.09 Å². The molecular weight excluding hydrogens is 320 g/mol. The number of methoxy groups -OCH3 is 2. The van der Waals surface area contributed by atoms with Crippen molar-refractivity contribution in [2.45, 2.75) is 44.6 Å². The maximum absolute atomic E-state index is 13.2. The molecule has 6 heteroatoms. The van der Waals surface area contributed by atoms with E-state index in [1.807, 2.05) is 4.90 Å². The molecule has 0 radical (unpaired) electrons. The van der Waals surface area contributed by atoms with Gasteiger partial charge in [0.05, 0.1) is 19.8 Å². The van der Waals surface area contributed by atoms with Crippen molar-refractivity contribution in [2.75, 3.05) is 26.1 Å². The van der Waals surface area contributed by atoms with Gasteiger partial charge < -0.3 is 14.4 Å². The average molecular weight is 346 g/mol. The fourth-order valence-corrected chi connectivity index (χ4v) is 4.15. The normalized spacial score (nSPS) is 22.7. The number of piperidine rings is 1. The van der Waals surface area contributed by atoms with Crippen LogP contribution in [0, 0.1) is 5.92 Å². The van der Waals surface area contributed by atoms with Crippen molar-refractivity contribution in [1.29, 1.82) is 0 Å². The van der Waals surface area contributed by atoms with Crippen molar-refractivity contribution >= 4 is 17.7 Å². The number of ether oxygens (including phenoxy) is 2. The van der Waals surface area contributed by atoms with Gasteiger partial charge in [0.15, 0.2) is 0 Å². The standard InChI is InChI=1S/C19H26N2O4/c1-24-17-12-14(20-19(23)25-2)9-10-15(17)18(22)21-11-5-7-13-6-3-4-8-16(13)21/h9-10,12-13,16H,3-8,11H2,1-2H3,(H,20,23)/t13-,16?/m0/s1. The molecule has 6 nitrogen and oxygen atoms in total. The Labute approximate surface area is 148 Å². The largest absolute Gasteiger partial charge is 0.496 e. The van der Waals surface area contributed by atoms with Gasteiger partial charge in [-0.15, -0.1) is 0 Å². The molecule has 3 rings (SSSR count). The number of hydrogen-bond donors (Lipinski definition) is 1. The Morgan fingerprint density at radius 3 is 2.64 bits per heavy atom. The first kappa shape index (κ1) is 17.6. The van der Waals surface area contributed by atoms with Crippen molar-refractivity contribution in [3.63, 3.8) is 0 Å². The van der Waals surface area contributed by atoms with Crippen molar-refractivity contribution < 1.29 is 19.1 Å². The van der Waals surface area contributed by atoms with Crippen LogP contribution in [-0.2, 0) is 4.74 Å². The predicted octanol–water partition coefficient (Wildman–Crippen LogP) is 3.67. The first-order valence-electron chi connectivity index (χ1n) is 8.98. The molecule has 136 valence electrons. The van der Waals surface area contributed by atoms with E-state index in [-0.39, 0.29) is 5.91 Å². The number of rotatable bonds is 3. The number of carbonyl (C=O) groups excluding carboxylic acids is 2. The zero-order valence-electron chi connectivity index (χ0n) is 14.9. The summed E-state index contributed by atoms with van der Waals surface area (Å²) in [5.41, 5.74) is 1.08. The Kier molecular flexibility index (Phi) is 5.46. The third-order valence-corrected chi connectivity index (χ3v) is 5.37. The molecule has 1 unspecified atom stereocenters. The van der Waals surface area contributed by atoms with E-state index in [0.717, 1.165) is 19.4 Å². The molecule has 2 amide bonds. The highest BCUT2D eigenvalue weighted by atomic mass is 16.5. The van der Waals surface area contributed by atoms with Crippen molar-refractivity contribution in [1.82, 2.24) is 4.90 Å². The molecule has 2 atom stereocenters. The van der Waals surface area contributed by atoms with Crippen LogP contribution in [0.25, 0.3) is 0 Å². The van der Waals surface area contributed by atoms with E-state index >= 15 is 0 Å². The van der Waals surface area contributed by atoms with Crippen LogP contribution in [0.15, 0.2) is 18.2 Å². The number of hydrogen-bond acceptors (Lipinski definition) is 4. The highest BCUT2D eigenvalue weighted by molar-refractivity contribution is 5.98. The number of fused-ring (bicyclic) bond motifs is 1. The van der Waals surface area contributed by atoms with Gasteiger partial charge in [-0.25, -0.2) is 4.79 Å². The predicted molar refractivity (Wildman–Crippen MR) is 95.0 cm³/mol. The van der Waals surface area contributed by atoms with Crippen LogP contribution >= 0.6 is 0 Å². The molecule has 1 aliphatic carbocycles. The molecule has 1 saturated carbocycles. The van der Waals surface area contributed by atoms with Crippen molar-refractivity contribution in [3.05, 3.63) is 23.8 Å². The summed E-state index contributed by atoms with van der Waals surface area (Å²) in [6, 6.07) is 5.44. The van der Waals surface area contributed by atoms with Gasteiger partial charge in [-0.05, 0) is 43.7 Å². The molecule has 1 heterocycles. The SMILES string of the molecule is COC(=O)Nc1ccc(C(=O)N2CCC[C@@H]3CCCCC32)c(OC)c1. The monoisotopic (exact) mass is 346 g/mol. The van der Waals surface area contributed by atoms with E-state index in [0.29, 0.717) is 29.0 Å². The van der Waals surface area contributed by atoms with Gasteiger partial charge in [-0.3, -0.25) is 10.1 Å². The topological polar surface area (TPSA) is 67.9 Å². The van der Waals surface area contributed by atoms with Gasteiger partial charge in [0.25, 0.3) is 5.91 Å². The van der Waals surface area contributed by atoms with Gasteiger partial charge in [0, 0.05) is 24.3 Å². The van der Waals surface area contributed by atoms with Crippen molar-refractivity contribution in [3.8, 4) is 5.75 Å². The lowest BCUT2D eigenvalue weighted by Gasteiger charge is -2.44. The number of likely N-dealkylation sites (tertiary alicyclic amines) is 1. The van der Waals surface area contributed by atoms with Crippen LogP contribution < -0.4 is 10.1 Å². The minimum absolute atomic E-state index is 0.0260. The Bertz CT molecular complexity index is 644. The maximum atomic E-state index is 13.2. The van der Waals surface area contributed by atoms with E-state index in [1.54, 1.807) is 18.2 Å². The van der Waals surface area contributed by atoms with Gasteiger partial charge in [-0.2, -0.15) is 0 Å². The molecule has 1 aromatic carbocycles. The summed E-state index contributed by atoms with van der Waals surface area (Å²) in [5, 5.41) is 2.59. The van der Waals surface area contributed by atoms with Gasteiger partial charge >= 0.3 is 6.09 Å². The maximum Gasteiger partial charge on any atom is 0.411 e. The molecule has 25 heavy (non-hydrogen) atoms. The summed E-state index contributed by atoms with van der Waals surface area (Å²) >= 11 is 0. The van der Waals surface area contributed by atoms with Crippen LogP contribution in [0.4, 0.5) is 10.5 Å². The molecular formula is C19H26N2O4. The molecule has 1 aromatic rings. The first-order chi connectivity index (χ1) is 12.1. The minimum Gasteiger partial charge on any atom is -0.496 e. The average Bonchev–Trinajstić information content (AvgIpc) is 2.66. The zero-order valence-corrected chi connectivity index (χ0v) is 14.9. The number of carbonyl (C=O) groups is 2. The number of nitrogens with one attached hydrogen (secondary N) is 1. The first-order valence-corrected chi connectivity index (χ1v) is 8.98. The van der Waals surface area contributed by atoms with Crippen molar-refractivity contribution in [2.24, 2.45) is 5.92 Å². The Morgan fingerprint density at radius 1 is 1.12 bits per heavy atom. The Balaban J connectivity index is 1.82. The summed E-state index contributed by atoms with van der Waals surface area (Å²) in [4.78, 5) is 26.6. The van der Waals surface area contributed by atoms with Crippen LogP contribution in [0.2, 0.25) is 0 Å². The lowest BCUT2D eigenvalue weighted by molar-refractivity contribution is 0.0388. The Hall–Kier alpha value is -2.24. The third kappa shape index (κ3) is 3.72. The molecule has 1 N–H and O–H groups in total. The number of nitrogens with zero attached hydrogens (tertiary/aromatic N) is 1. The van der Waals surface area contributed by atoms with E-state index in [4.69, 9.17) is 4.74 Å². The molecule has 1 aliphatic heterocycles. The summed E-state index contributed by atoms with van der Waals surface area (Å²) in [7, 11) is 2.84. The summed E-state index contributed by atoms with van der Waals surface area (Å²) in [6.07, 6.45) is 6.55. The molecule has 0 spiro atoms. The van der Waals surface area contributed by atoms with Crippen LogP contribution in [0.1, 0.15) is 48.9 Å². The van der Waals surface area contributed by atoms with Crippen LogP contribution in [0.3, 0.4) is 0 Å². The summed E-state index contributed by atoms with van der Waals surface area (Å²) in [6.45, 7) is 0.811. The van der Waals surface area contributed by atoms with Gasteiger partial charge in [0.1, 0.15) is 5.75 Å². The highest BCUT2D eigenvalue weighted by Gasteiger charge is 2.36. The van der Waals surface area contributed by atoms with Crippen LogP contribution in [0.5, 0.6) is 5.75 Å². The third-order valence-electron chi connectivity index (χ3n) is 5.37. The zero-order chi connectivity index (χ0) is 17.8. The fourth-order valence-electron chi connectivity index (χ4n) is 4.15. The van der Waals surface area contributed by atoms with E-state index in [2.05, 4.69) is 10.1 Å². The lowest BCUT2D eigenvalue weighted by Crippen LogP contribution is -2.49. The number of anilines is 1. The summed E-state index contributed by atoms with van der Waals surface area (Å²) < 4.78 is 10.0. The number of benzene rings is 1.